The first-order valence-corrected chi connectivity index (χ1v) is 6.22. The van der Waals surface area contributed by atoms with E-state index in [0.29, 0.717) is 24.5 Å². The van der Waals surface area contributed by atoms with E-state index in [0.717, 1.165) is 19.3 Å². The Hall–Kier alpha value is -1.51. The Bertz CT molecular complexity index is 387. The van der Waals surface area contributed by atoms with Gasteiger partial charge in [0.2, 0.25) is 0 Å². The Balaban J connectivity index is 2.09. The van der Waals surface area contributed by atoms with E-state index in [1.165, 1.54) is 0 Å². The van der Waals surface area contributed by atoms with Gasteiger partial charge in [0, 0.05) is 6.42 Å². The quantitative estimate of drug-likeness (QED) is 0.803. The second kappa shape index (κ2) is 5.71. The summed E-state index contributed by atoms with van der Waals surface area (Å²) in [7, 11) is 0. The van der Waals surface area contributed by atoms with Gasteiger partial charge in [-0.3, -0.25) is 4.79 Å². The van der Waals surface area contributed by atoms with Crippen LogP contribution in [-0.4, -0.2) is 18.5 Å². The van der Waals surface area contributed by atoms with Gasteiger partial charge in [-0.25, -0.2) is 0 Å². The van der Waals surface area contributed by atoms with Crippen LogP contribution in [0.4, 0.5) is 0 Å². The summed E-state index contributed by atoms with van der Waals surface area (Å²) in [6.07, 6.45) is 3.23. The van der Waals surface area contributed by atoms with Crippen LogP contribution in [-0.2, 0) is 4.79 Å². The first kappa shape index (κ1) is 12.0. The predicted octanol–water partition coefficient (Wildman–Crippen LogP) is 2.98. The first-order valence-electron chi connectivity index (χ1n) is 6.22. The smallest absolute Gasteiger partial charge is 0.173 e. The van der Waals surface area contributed by atoms with Crippen LogP contribution >= 0.6 is 0 Å². The summed E-state index contributed by atoms with van der Waals surface area (Å²) >= 11 is 0. The molecular weight excluding hydrogens is 216 g/mol. The van der Waals surface area contributed by atoms with Crippen molar-refractivity contribution in [2.24, 2.45) is 0 Å². The van der Waals surface area contributed by atoms with Crippen molar-refractivity contribution in [2.75, 3.05) is 6.61 Å². The lowest BCUT2D eigenvalue weighted by Gasteiger charge is -2.22. The molecule has 92 valence electrons. The van der Waals surface area contributed by atoms with Gasteiger partial charge < -0.3 is 9.47 Å². The number of ketones is 1. The second-order valence-corrected chi connectivity index (χ2v) is 4.20. The van der Waals surface area contributed by atoms with Crippen molar-refractivity contribution < 1.29 is 14.3 Å². The zero-order valence-corrected chi connectivity index (χ0v) is 10.1. The normalized spacial score (nSPS) is 20.1. The third-order valence-electron chi connectivity index (χ3n) is 2.92. The number of benzene rings is 1. The van der Waals surface area contributed by atoms with Crippen LogP contribution in [0.15, 0.2) is 24.3 Å². The Morgan fingerprint density at radius 2 is 2.00 bits per heavy atom. The topological polar surface area (TPSA) is 35.5 Å². The molecular formula is C14H18O3. The highest BCUT2D eigenvalue weighted by molar-refractivity contribution is 5.84. The number of para-hydroxylation sites is 2. The number of carbonyl (C=O) groups excluding carboxylic acids is 1. The Morgan fingerprint density at radius 3 is 2.71 bits per heavy atom. The van der Waals surface area contributed by atoms with E-state index in [2.05, 4.69) is 0 Å². The van der Waals surface area contributed by atoms with Gasteiger partial charge in [0.05, 0.1) is 6.61 Å². The summed E-state index contributed by atoms with van der Waals surface area (Å²) in [6, 6.07) is 7.52. The summed E-state index contributed by atoms with van der Waals surface area (Å²) < 4.78 is 11.3. The molecule has 0 saturated heterocycles. The maximum Gasteiger partial charge on any atom is 0.173 e. The van der Waals surface area contributed by atoms with Gasteiger partial charge in [0.15, 0.2) is 23.4 Å². The summed E-state index contributed by atoms with van der Waals surface area (Å²) in [5.74, 6) is 1.60. The fraction of sp³-hybridized carbons (Fsp3) is 0.500. The van der Waals surface area contributed by atoms with E-state index in [1.807, 2.05) is 31.2 Å². The summed E-state index contributed by atoms with van der Waals surface area (Å²) in [6.45, 7) is 2.53. The fourth-order valence-electron chi connectivity index (χ4n) is 2.05. The van der Waals surface area contributed by atoms with Crippen LogP contribution in [0.25, 0.3) is 0 Å². The third kappa shape index (κ3) is 2.99. The van der Waals surface area contributed by atoms with E-state index in [9.17, 15) is 4.79 Å². The summed E-state index contributed by atoms with van der Waals surface area (Å²) in [4.78, 5) is 11.7. The van der Waals surface area contributed by atoms with E-state index in [4.69, 9.17) is 9.47 Å². The maximum atomic E-state index is 11.7. The molecule has 0 heterocycles. The van der Waals surface area contributed by atoms with Crippen LogP contribution in [0.5, 0.6) is 11.5 Å². The molecule has 0 bridgehead atoms. The van der Waals surface area contributed by atoms with Crippen molar-refractivity contribution in [3.8, 4) is 11.5 Å². The Kier molecular flexibility index (Phi) is 4.02. The molecule has 0 aliphatic heterocycles. The fourth-order valence-corrected chi connectivity index (χ4v) is 2.05. The van der Waals surface area contributed by atoms with Crippen molar-refractivity contribution >= 4 is 5.78 Å². The van der Waals surface area contributed by atoms with E-state index < -0.39 is 0 Å². The average Bonchev–Trinajstić information content (AvgIpc) is 2.35. The monoisotopic (exact) mass is 234 g/mol. The van der Waals surface area contributed by atoms with Crippen molar-refractivity contribution in [1.29, 1.82) is 0 Å². The van der Waals surface area contributed by atoms with Crippen molar-refractivity contribution in [2.45, 2.75) is 38.7 Å². The van der Waals surface area contributed by atoms with Crippen LogP contribution < -0.4 is 9.47 Å². The lowest BCUT2D eigenvalue weighted by atomic mass is 9.96. The van der Waals surface area contributed by atoms with E-state index in [1.54, 1.807) is 0 Å². The average molecular weight is 234 g/mol. The molecule has 17 heavy (non-hydrogen) atoms. The highest BCUT2D eigenvalue weighted by Crippen LogP contribution is 2.29. The largest absolute Gasteiger partial charge is 0.490 e. The lowest BCUT2D eigenvalue weighted by molar-refractivity contribution is -0.127. The number of rotatable bonds is 4. The number of carbonyl (C=O) groups is 1. The molecule has 1 aromatic rings. The first-order chi connectivity index (χ1) is 8.31. The highest BCUT2D eigenvalue weighted by Gasteiger charge is 2.24. The molecule has 1 aliphatic rings. The molecule has 0 N–H and O–H groups in total. The minimum atomic E-state index is -0.287. The Morgan fingerprint density at radius 1 is 1.24 bits per heavy atom. The van der Waals surface area contributed by atoms with Gasteiger partial charge in [-0.05, 0) is 38.3 Å². The molecule has 1 saturated carbocycles. The molecule has 1 fully saturated rings. The molecule has 0 radical (unpaired) electrons. The van der Waals surface area contributed by atoms with Gasteiger partial charge >= 0.3 is 0 Å². The zero-order chi connectivity index (χ0) is 12.1. The van der Waals surface area contributed by atoms with Gasteiger partial charge in [-0.2, -0.15) is 0 Å². The van der Waals surface area contributed by atoms with Crippen LogP contribution in [0, 0.1) is 0 Å². The minimum absolute atomic E-state index is 0.211. The number of ether oxygens (including phenoxy) is 2. The third-order valence-corrected chi connectivity index (χ3v) is 2.92. The van der Waals surface area contributed by atoms with E-state index in [-0.39, 0.29) is 11.9 Å². The minimum Gasteiger partial charge on any atom is -0.490 e. The second-order valence-electron chi connectivity index (χ2n) is 4.20. The predicted molar refractivity (Wildman–Crippen MR) is 65.5 cm³/mol. The summed E-state index contributed by atoms with van der Waals surface area (Å²) in [5, 5.41) is 0. The molecule has 1 aliphatic carbocycles. The SMILES string of the molecule is CCOc1ccccc1OC1CCCCC1=O. The number of Topliss-reactive ketones (excluding diaryl/α,β-unsaturated/α-hetero) is 1. The standard InChI is InChI=1S/C14H18O3/c1-2-16-13-9-5-6-10-14(13)17-12-8-4-3-7-11(12)15/h5-6,9-10,12H,2-4,7-8H2,1H3. The van der Waals surface area contributed by atoms with Crippen LogP contribution in [0.2, 0.25) is 0 Å². The van der Waals surface area contributed by atoms with Gasteiger partial charge in [0.25, 0.3) is 0 Å². The van der Waals surface area contributed by atoms with Crippen molar-refractivity contribution in [1.82, 2.24) is 0 Å². The summed E-state index contributed by atoms with van der Waals surface area (Å²) in [5.41, 5.74) is 0. The van der Waals surface area contributed by atoms with Crippen molar-refractivity contribution in [3.63, 3.8) is 0 Å². The zero-order valence-electron chi connectivity index (χ0n) is 10.1. The van der Waals surface area contributed by atoms with E-state index >= 15 is 0 Å². The van der Waals surface area contributed by atoms with Crippen LogP contribution in [0.3, 0.4) is 0 Å². The molecule has 1 aromatic carbocycles. The lowest BCUT2D eigenvalue weighted by Crippen LogP contribution is -2.30. The molecule has 3 heteroatoms. The van der Waals surface area contributed by atoms with Gasteiger partial charge in [-0.15, -0.1) is 0 Å². The van der Waals surface area contributed by atoms with Gasteiger partial charge in [0.1, 0.15) is 0 Å². The Labute approximate surface area is 102 Å². The molecule has 0 aromatic heterocycles. The van der Waals surface area contributed by atoms with Crippen molar-refractivity contribution in [3.05, 3.63) is 24.3 Å². The maximum absolute atomic E-state index is 11.7. The number of hydrogen-bond donors (Lipinski definition) is 0. The van der Waals surface area contributed by atoms with Crippen LogP contribution in [0.1, 0.15) is 32.6 Å². The van der Waals surface area contributed by atoms with Gasteiger partial charge in [-0.1, -0.05) is 12.1 Å². The highest BCUT2D eigenvalue weighted by atomic mass is 16.5. The molecule has 1 atom stereocenters. The molecule has 0 spiro atoms. The molecule has 3 nitrogen and oxygen atoms in total. The molecule has 0 amide bonds. The number of hydrogen-bond acceptors (Lipinski definition) is 3. The molecule has 1 unspecified atom stereocenters. The molecule has 2 rings (SSSR count).